The SMILES string of the molecule is CC(C)n1cccc(C(C)(C)O)c1=O. The van der Waals surface area contributed by atoms with Crippen molar-refractivity contribution in [3.8, 4) is 0 Å². The highest BCUT2D eigenvalue weighted by Gasteiger charge is 2.20. The van der Waals surface area contributed by atoms with Crippen molar-refractivity contribution in [1.82, 2.24) is 4.57 Å². The summed E-state index contributed by atoms with van der Waals surface area (Å²) in [6.45, 7) is 7.12. The Morgan fingerprint density at radius 2 is 2.00 bits per heavy atom. The van der Waals surface area contributed by atoms with Crippen LogP contribution in [-0.4, -0.2) is 9.67 Å². The number of aromatic nitrogens is 1. The van der Waals surface area contributed by atoms with Crippen LogP contribution in [0.5, 0.6) is 0 Å². The second-order valence-electron chi connectivity index (χ2n) is 4.29. The predicted molar refractivity (Wildman–Crippen MR) is 56.3 cm³/mol. The van der Waals surface area contributed by atoms with E-state index in [9.17, 15) is 9.90 Å². The summed E-state index contributed by atoms with van der Waals surface area (Å²) in [6.07, 6.45) is 1.74. The maximum atomic E-state index is 11.9. The van der Waals surface area contributed by atoms with Crippen molar-refractivity contribution in [1.29, 1.82) is 0 Å². The molecule has 3 heteroatoms. The van der Waals surface area contributed by atoms with E-state index in [1.165, 1.54) is 0 Å². The average molecular weight is 195 g/mol. The van der Waals surface area contributed by atoms with Gasteiger partial charge in [0.1, 0.15) is 0 Å². The smallest absolute Gasteiger partial charge is 0.256 e. The van der Waals surface area contributed by atoms with Crippen LogP contribution in [0.2, 0.25) is 0 Å². The maximum absolute atomic E-state index is 11.9. The van der Waals surface area contributed by atoms with E-state index in [-0.39, 0.29) is 11.6 Å². The first-order valence-electron chi connectivity index (χ1n) is 4.78. The Hall–Kier alpha value is -1.09. The number of rotatable bonds is 2. The van der Waals surface area contributed by atoms with Gasteiger partial charge in [0.15, 0.2) is 0 Å². The molecule has 0 atom stereocenters. The molecule has 0 saturated carbocycles. The lowest BCUT2D eigenvalue weighted by molar-refractivity contribution is 0.0764. The van der Waals surface area contributed by atoms with Crippen molar-refractivity contribution < 1.29 is 5.11 Å². The van der Waals surface area contributed by atoms with Crippen molar-refractivity contribution in [2.24, 2.45) is 0 Å². The third-order valence-electron chi connectivity index (χ3n) is 2.19. The zero-order chi connectivity index (χ0) is 10.9. The van der Waals surface area contributed by atoms with Gasteiger partial charge >= 0.3 is 0 Å². The van der Waals surface area contributed by atoms with E-state index in [0.717, 1.165) is 0 Å². The standard InChI is InChI=1S/C11H17NO2/c1-8(2)12-7-5-6-9(10(12)13)11(3,4)14/h5-8,14H,1-4H3. The van der Waals surface area contributed by atoms with E-state index in [1.54, 1.807) is 36.7 Å². The van der Waals surface area contributed by atoms with Gasteiger partial charge in [0.25, 0.3) is 5.56 Å². The number of hydrogen-bond donors (Lipinski definition) is 1. The van der Waals surface area contributed by atoms with Gasteiger partial charge < -0.3 is 9.67 Å². The van der Waals surface area contributed by atoms with Crippen molar-refractivity contribution in [2.75, 3.05) is 0 Å². The van der Waals surface area contributed by atoms with Crippen LogP contribution in [0.25, 0.3) is 0 Å². The van der Waals surface area contributed by atoms with Gasteiger partial charge in [-0.25, -0.2) is 0 Å². The summed E-state index contributed by atoms with van der Waals surface area (Å²) in [4.78, 5) is 11.9. The largest absolute Gasteiger partial charge is 0.386 e. The zero-order valence-corrected chi connectivity index (χ0v) is 9.11. The molecule has 1 N–H and O–H groups in total. The van der Waals surface area contributed by atoms with Crippen LogP contribution in [0.3, 0.4) is 0 Å². The molecule has 14 heavy (non-hydrogen) atoms. The second kappa shape index (κ2) is 3.58. The second-order valence-corrected chi connectivity index (χ2v) is 4.29. The molecule has 0 unspecified atom stereocenters. The third-order valence-corrected chi connectivity index (χ3v) is 2.19. The molecular weight excluding hydrogens is 178 g/mol. The van der Waals surface area contributed by atoms with Crippen LogP contribution >= 0.6 is 0 Å². The Morgan fingerprint density at radius 3 is 2.43 bits per heavy atom. The van der Waals surface area contributed by atoms with Crippen LogP contribution in [0.4, 0.5) is 0 Å². The van der Waals surface area contributed by atoms with Crippen molar-refractivity contribution >= 4 is 0 Å². The lowest BCUT2D eigenvalue weighted by Crippen LogP contribution is -2.32. The quantitative estimate of drug-likeness (QED) is 0.779. The van der Waals surface area contributed by atoms with Crippen LogP contribution in [0.1, 0.15) is 39.3 Å². The number of hydrogen-bond acceptors (Lipinski definition) is 2. The first-order chi connectivity index (χ1) is 6.34. The lowest BCUT2D eigenvalue weighted by atomic mass is 10.00. The summed E-state index contributed by atoms with van der Waals surface area (Å²) in [5, 5.41) is 9.76. The number of pyridine rings is 1. The minimum absolute atomic E-state index is 0.116. The molecule has 0 aromatic carbocycles. The van der Waals surface area contributed by atoms with Crippen molar-refractivity contribution in [3.63, 3.8) is 0 Å². The molecule has 1 rings (SSSR count). The fourth-order valence-corrected chi connectivity index (χ4v) is 1.38. The molecule has 1 aromatic heterocycles. The predicted octanol–water partition coefficient (Wildman–Crippen LogP) is 1.66. The van der Waals surface area contributed by atoms with E-state index in [1.807, 2.05) is 13.8 Å². The van der Waals surface area contributed by atoms with E-state index in [0.29, 0.717) is 5.56 Å². The molecule has 0 saturated heterocycles. The number of nitrogens with zero attached hydrogens (tertiary/aromatic N) is 1. The molecule has 0 aliphatic rings. The summed E-state index contributed by atoms with van der Waals surface area (Å²) >= 11 is 0. The third kappa shape index (κ3) is 2.04. The fourth-order valence-electron chi connectivity index (χ4n) is 1.38. The van der Waals surface area contributed by atoms with Crippen LogP contribution in [0, 0.1) is 0 Å². The molecule has 0 fully saturated rings. The van der Waals surface area contributed by atoms with Crippen LogP contribution in [-0.2, 0) is 5.60 Å². The van der Waals surface area contributed by atoms with Crippen LogP contribution < -0.4 is 5.56 Å². The highest BCUT2D eigenvalue weighted by molar-refractivity contribution is 5.17. The van der Waals surface area contributed by atoms with Crippen molar-refractivity contribution in [2.45, 2.75) is 39.3 Å². The molecule has 1 aromatic rings. The highest BCUT2D eigenvalue weighted by Crippen LogP contribution is 2.15. The molecule has 0 spiro atoms. The summed E-state index contributed by atoms with van der Waals surface area (Å²) in [6, 6.07) is 3.57. The molecule has 0 radical (unpaired) electrons. The monoisotopic (exact) mass is 195 g/mol. The summed E-state index contributed by atoms with van der Waals surface area (Å²) < 4.78 is 1.62. The minimum Gasteiger partial charge on any atom is -0.386 e. The Bertz CT molecular complexity index is 372. The van der Waals surface area contributed by atoms with E-state index in [2.05, 4.69) is 0 Å². The molecule has 0 aliphatic carbocycles. The molecular formula is C11H17NO2. The van der Waals surface area contributed by atoms with E-state index in [4.69, 9.17) is 0 Å². The molecule has 3 nitrogen and oxygen atoms in total. The maximum Gasteiger partial charge on any atom is 0.256 e. The molecule has 1 heterocycles. The Labute approximate surface area is 84.0 Å². The first-order valence-corrected chi connectivity index (χ1v) is 4.78. The summed E-state index contributed by atoms with van der Waals surface area (Å²) in [5.41, 5.74) is -0.752. The normalized spacial score (nSPS) is 12.1. The molecule has 0 amide bonds. The fraction of sp³-hybridized carbons (Fsp3) is 0.545. The Kier molecular flexibility index (Phi) is 2.81. The van der Waals surface area contributed by atoms with Gasteiger partial charge in [-0.3, -0.25) is 4.79 Å². The lowest BCUT2D eigenvalue weighted by Gasteiger charge is -2.19. The molecule has 0 bridgehead atoms. The van der Waals surface area contributed by atoms with Crippen molar-refractivity contribution in [3.05, 3.63) is 34.2 Å². The van der Waals surface area contributed by atoms with Gasteiger partial charge in [0.2, 0.25) is 0 Å². The van der Waals surface area contributed by atoms with Gasteiger partial charge in [0.05, 0.1) is 5.60 Å². The van der Waals surface area contributed by atoms with E-state index < -0.39 is 5.60 Å². The topological polar surface area (TPSA) is 42.2 Å². The molecule has 78 valence electrons. The first kappa shape index (κ1) is 11.0. The molecule has 0 aliphatic heterocycles. The van der Waals surface area contributed by atoms with Gasteiger partial charge in [-0.15, -0.1) is 0 Å². The van der Waals surface area contributed by atoms with Gasteiger partial charge in [-0.1, -0.05) is 0 Å². The van der Waals surface area contributed by atoms with Gasteiger partial charge in [0, 0.05) is 17.8 Å². The van der Waals surface area contributed by atoms with E-state index >= 15 is 0 Å². The van der Waals surface area contributed by atoms with Gasteiger partial charge in [-0.2, -0.15) is 0 Å². The summed E-state index contributed by atoms with van der Waals surface area (Å²) in [7, 11) is 0. The summed E-state index contributed by atoms with van der Waals surface area (Å²) in [5.74, 6) is 0. The minimum atomic E-state index is -1.07. The van der Waals surface area contributed by atoms with Crippen LogP contribution in [0.15, 0.2) is 23.1 Å². The average Bonchev–Trinajstić information content (AvgIpc) is 2.01. The highest BCUT2D eigenvalue weighted by atomic mass is 16.3. The zero-order valence-electron chi connectivity index (χ0n) is 9.11. The number of aliphatic hydroxyl groups is 1. The van der Waals surface area contributed by atoms with Gasteiger partial charge in [-0.05, 0) is 39.8 Å². The Balaban J connectivity index is 3.36. The Morgan fingerprint density at radius 1 is 1.43 bits per heavy atom.